The molecule has 2 heteroatoms. The Balaban J connectivity index is 2.86. The highest BCUT2D eigenvalue weighted by atomic mass is 16.5. The molecule has 0 radical (unpaired) electrons. The van der Waals surface area contributed by atoms with Crippen molar-refractivity contribution in [3.05, 3.63) is 17.5 Å². The normalized spacial score (nSPS) is 11.3. The van der Waals surface area contributed by atoms with Gasteiger partial charge in [-0.2, -0.15) is 0 Å². The predicted molar refractivity (Wildman–Crippen MR) is 57.0 cm³/mol. The van der Waals surface area contributed by atoms with Gasteiger partial charge in [0, 0.05) is 5.56 Å². The van der Waals surface area contributed by atoms with E-state index in [1.54, 1.807) is 6.26 Å². The Morgan fingerprint density at radius 3 is 2.86 bits per heavy atom. The maximum atomic E-state index is 5.35. The summed E-state index contributed by atoms with van der Waals surface area (Å²) in [4.78, 5) is 0. The van der Waals surface area contributed by atoms with E-state index >= 15 is 0 Å². The molecule has 0 atom stereocenters. The molecule has 0 saturated carbocycles. The molecule has 14 heavy (non-hydrogen) atoms. The molecule has 0 unspecified atom stereocenters. The van der Waals surface area contributed by atoms with Gasteiger partial charge in [-0.25, -0.2) is 0 Å². The highest BCUT2D eigenvalue weighted by Crippen LogP contribution is 2.30. The fraction of sp³-hybridized carbons (Fsp3) is 0.583. The molecule has 1 aromatic heterocycles. The van der Waals surface area contributed by atoms with Gasteiger partial charge in [0.05, 0.1) is 0 Å². The maximum absolute atomic E-state index is 5.35. The summed E-state index contributed by atoms with van der Waals surface area (Å²) >= 11 is 0. The van der Waals surface area contributed by atoms with Gasteiger partial charge in [-0.05, 0) is 17.8 Å². The van der Waals surface area contributed by atoms with Gasteiger partial charge in [-0.1, -0.05) is 38.8 Å². The number of hydrogen-bond donors (Lipinski definition) is 0. The van der Waals surface area contributed by atoms with Crippen molar-refractivity contribution < 1.29 is 4.52 Å². The quantitative estimate of drug-likeness (QED) is 0.683. The van der Waals surface area contributed by atoms with E-state index in [2.05, 4.69) is 31.8 Å². The van der Waals surface area contributed by atoms with Gasteiger partial charge in [0.25, 0.3) is 0 Å². The first kappa shape index (κ1) is 10.8. The van der Waals surface area contributed by atoms with Crippen LogP contribution in [0.1, 0.15) is 51.3 Å². The van der Waals surface area contributed by atoms with Gasteiger partial charge >= 0.3 is 0 Å². The summed E-state index contributed by atoms with van der Waals surface area (Å²) in [6.45, 7) is 6.54. The van der Waals surface area contributed by atoms with Gasteiger partial charge in [0.1, 0.15) is 6.26 Å². The fourth-order valence-corrected chi connectivity index (χ4v) is 1.57. The van der Waals surface area contributed by atoms with Crippen LogP contribution in [-0.4, -0.2) is 5.16 Å². The zero-order chi connectivity index (χ0) is 10.6. The highest BCUT2D eigenvalue weighted by Gasteiger charge is 2.25. The van der Waals surface area contributed by atoms with Gasteiger partial charge in [0.15, 0.2) is 5.69 Å². The van der Waals surface area contributed by atoms with Crippen molar-refractivity contribution in [3.63, 3.8) is 0 Å². The Labute approximate surface area is 85.7 Å². The lowest BCUT2D eigenvalue weighted by molar-refractivity contribution is 0.409. The summed E-state index contributed by atoms with van der Waals surface area (Å²) in [6, 6.07) is 0. The third-order valence-corrected chi connectivity index (χ3v) is 2.59. The lowest BCUT2D eigenvalue weighted by Crippen LogP contribution is -2.17. The molecule has 0 aliphatic heterocycles. The molecule has 0 saturated heterocycles. The Hall–Kier alpha value is -1.23. The maximum Gasteiger partial charge on any atom is 0.159 e. The zero-order valence-electron chi connectivity index (χ0n) is 9.13. The molecular weight excluding hydrogens is 174 g/mol. The van der Waals surface area contributed by atoms with Crippen LogP contribution in [0.3, 0.4) is 0 Å². The van der Waals surface area contributed by atoms with Crippen molar-refractivity contribution in [1.29, 1.82) is 0 Å². The minimum absolute atomic E-state index is 0.0672. The number of rotatable bonds is 4. The molecule has 2 nitrogen and oxygen atoms in total. The van der Waals surface area contributed by atoms with Crippen molar-refractivity contribution in [2.24, 2.45) is 0 Å². The zero-order valence-corrected chi connectivity index (χ0v) is 9.13. The number of aromatic nitrogens is 1. The van der Waals surface area contributed by atoms with Crippen LogP contribution in [0.15, 0.2) is 10.8 Å². The largest absolute Gasteiger partial charge is 0.363 e. The van der Waals surface area contributed by atoms with Gasteiger partial charge in [-0.3, -0.25) is 0 Å². The first-order valence-corrected chi connectivity index (χ1v) is 5.03. The van der Waals surface area contributed by atoms with Gasteiger partial charge in [0.2, 0.25) is 0 Å². The molecule has 0 bridgehead atoms. The van der Waals surface area contributed by atoms with Crippen LogP contribution in [0.4, 0.5) is 0 Å². The Bertz CT molecular complexity index is 330. The summed E-state index contributed by atoms with van der Waals surface area (Å²) in [5.41, 5.74) is 1.76. The first-order chi connectivity index (χ1) is 6.61. The van der Waals surface area contributed by atoms with Crippen LogP contribution < -0.4 is 0 Å². The monoisotopic (exact) mass is 191 g/mol. The van der Waals surface area contributed by atoms with Crippen LogP contribution in [-0.2, 0) is 5.41 Å². The van der Waals surface area contributed by atoms with E-state index in [0.29, 0.717) is 5.69 Å². The minimum Gasteiger partial charge on any atom is -0.363 e. The summed E-state index contributed by atoms with van der Waals surface area (Å²) in [5, 5.41) is 3.80. The van der Waals surface area contributed by atoms with E-state index in [1.807, 2.05) is 0 Å². The van der Waals surface area contributed by atoms with E-state index in [4.69, 9.17) is 10.9 Å². The van der Waals surface area contributed by atoms with E-state index in [9.17, 15) is 0 Å². The molecule has 1 aromatic rings. The molecule has 0 aromatic carbocycles. The molecule has 0 amide bonds. The van der Waals surface area contributed by atoms with Crippen LogP contribution >= 0.6 is 0 Å². The molecule has 76 valence electrons. The summed E-state index contributed by atoms with van der Waals surface area (Å²) < 4.78 is 4.91. The van der Waals surface area contributed by atoms with Crippen molar-refractivity contribution in [2.75, 3.05) is 0 Å². The smallest absolute Gasteiger partial charge is 0.159 e. The number of unbranched alkanes of at least 4 members (excludes halogenated alkanes) is 1. The van der Waals surface area contributed by atoms with E-state index < -0.39 is 0 Å². The second-order valence-electron chi connectivity index (χ2n) is 4.21. The third-order valence-electron chi connectivity index (χ3n) is 2.59. The minimum atomic E-state index is 0.0672. The van der Waals surface area contributed by atoms with Crippen LogP contribution in [0, 0.1) is 12.3 Å². The second-order valence-corrected chi connectivity index (χ2v) is 4.21. The molecular formula is C12H17NO. The van der Waals surface area contributed by atoms with Crippen molar-refractivity contribution in [1.82, 2.24) is 5.16 Å². The summed E-state index contributed by atoms with van der Waals surface area (Å²) in [7, 11) is 0. The SMILES string of the molecule is C#Cc1nocc1C(C)(C)CCCC. The average molecular weight is 191 g/mol. The molecule has 0 aliphatic rings. The third kappa shape index (κ3) is 2.17. The van der Waals surface area contributed by atoms with E-state index in [-0.39, 0.29) is 5.41 Å². The molecule has 0 fully saturated rings. The van der Waals surface area contributed by atoms with Crippen molar-refractivity contribution in [2.45, 2.75) is 45.4 Å². The summed E-state index contributed by atoms with van der Waals surface area (Å²) in [6.07, 6.45) is 10.5. The topological polar surface area (TPSA) is 26.0 Å². The van der Waals surface area contributed by atoms with Crippen LogP contribution in [0.5, 0.6) is 0 Å². The second kappa shape index (κ2) is 4.32. The number of hydrogen-bond acceptors (Lipinski definition) is 2. The number of nitrogens with zero attached hydrogens (tertiary/aromatic N) is 1. The number of terminal acetylenes is 1. The van der Waals surface area contributed by atoms with E-state index in [1.165, 1.54) is 12.8 Å². The van der Waals surface area contributed by atoms with Crippen LogP contribution in [0.2, 0.25) is 0 Å². The molecule has 0 spiro atoms. The van der Waals surface area contributed by atoms with E-state index in [0.717, 1.165) is 12.0 Å². The molecule has 1 heterocycles. The Morgan fingerprint density at radius 2 is 2.29 bits per heavy atom. The van der Waals surface area contributed by atoms with Crippen LogP contribution in [0.25, 0.3) is 0 Å². The average Bonchev–Trinajstić information content (AvgIpc) is 2.63. The van der Waals surface area contributed by atoms with Crippen molar-refractivity contribution in [3.8, 4) is 12.3 Å². The lowest BCUT2D eigenvalue weighted by atomic mass is 9.80. The lowest BCUT2D eigenvalue weighted by Gasteiger charge is -2.22. The van der Waals surface area contributed by atoms with Gasteiger partial charge < -0.3 is 4.52 Å². The highest BCUT2D eigenvalue weighted by molar-refractivity contribution is 5.35. The summed E-state index contributed by atoms with van der Waals surface area (Å²) in [5.74, 6) is 2.55. The van der Waals surface area contributed by atoms with Gasteiger partial charge in [-0.15, -0.1) is 6.42 Å². The predicted octanol–water partition coefficient (Wildman–Crippen LogP) is 3.12. The van der Waals surface area contributed by atoms with Crippen molar-refractivity contribution >= 4 is 0 Å². The fourth-order valence-electron chi connectivity index (χ4n) is 1.57. The standard InChI is InChI=1S/C12H17NO/c1-5-7-8-12(3,4)10-9-14-13-11(10)6-2/h2,9H,5,7-8H2,1,3-4H3. The Kier molecular flexibility index (Phi) is 3.35. The first-order valence-electron chi connectivity index (χ1n) is 5.03. The molecule has 0 N–H and O–H groups in total. The Morgan fingerprint density at radius 1 is 1.57 bits per heavy atom. The molecule has 1 rings (SSSR count). The molecule has 0 aliphatic carbocycles.